The van der Waals surface area contributed by atoms with Crippen LogP contribution in [0.25, 0.3) is 16.9 Å². The highest BCUT2D eigenvalue weighted by molar-refractivity contribution is 7.95. The first-order valence-electron chi connectivity index (χ1n) is 11.2. The predicted octanol–water partition coefficient (Wildman–Crippen LogP) is 3.86. The Morgan fingerprint density at radius 2 is 1.80 bits per heavy atom. The maximum absolute atomic E-state index is 12.2. The molecule has 1 amide bonds. The van der Waals surface area contributed by atoms with Gasteiger partial charge in [0.05, 0.1) is 11.4 Å². The molecular formula is C26H26N5O3S+. The van der Waals surface area contributed by atoms with E-state index in [1.165, 1.54) is 23.3 Å². The second-order valence-corrected chi connectivity index (χ2v) is 10.3. The van der Waals surface area contributed by atoms with Gasteiger partial charge in [-0.2, -0.15) is 9.65 Å². The van der Waals surface area contributed by atoms with Crippen molar-refractivity contribution in [2.24, 2.45) is 10.9 Å². The molecule has 0 fully saturated rings. The number of hydrogen-bond donors (Lipinski definition) is 4. The summed E-state index contributed by atoms with van der Waals surface area (Å²) < 4.78 is 23.1. The molecule has 3 aromatic carbocycles. The zero-order valence-electron chi connectivity index (χ0n) is 19.2. The van der Waals surface area contributed by atoms with E-state index in [0.29, 0.717) is 18.7 Å². The van der Waals surface area contributed by atoms with E-state index in [-0.39, 0.29) is 10.6 Å². The van der Waals surface area contributed by atoms with Crippen molar-refractivity contribution in [3.8, 4) is 16.9 Å². The number of aryl methyl sites for hydroxylation is 2. The van der Waals surface area contributed by atoms with Crippen molar-refractivity contribution in [3.05, 3.63) is 94.7 Å². The lowest BCUT2D eigenvalue weighted by Gasteiger charge is -2.20. The third-order valence-corrected chi connectivity index (χ3v) is 7.21. The number of carbonyl (C=O) groups excluding carboxylic acids is 1. The molecule has 0 spiro atoms. The molecule has 0 radical (unpaired) electrons. The van der Waals surface area contributed by atoms with Crippen LogP contribution < -0.4 is 16.2 Å². The fourth-order valence-corrected chi connectivity index (χ4v) is 4.95. The van der Waals surface area contributed by atoms with Gasteiger partial charge < -0.3 is 11.1 Å². The van der Waals surface area contributed by atoms with E-state index in [1.807, 2.05) is 0 Å². The van der Waals surface area contributed by atoms with Gasteiger partial charge in [-0.3, -0.25) is 4.79 Å². The lowest BCUT2D eigenvalue weighted by atomic mass is 9.88. The Bertz CT molecular complexity index is 1470. The minimum Gasteiger partial charge on any atom is -0.381 e. The number of amides is 1. The number of fused-ring (bicyclic) bond motifs is 3. The maximum atomic E-state index is 12.2. The van der Waals surface area contributed by atoms with Gasteiger partial charge in [-0.25, -0.2) is 4.68 Å². The molecule has 0 aliphatic heterocycles. The van der Waals surface area contributed by atoms with Gasteiger partial charge in [0.1, 0.15) is 0 Å². The number of hydrogen-bond acceptors (Lipinski definition) is 4. The Morgan fingerprint density at radius 3 is 2.46 bits per heavy atom. The standard InChI is InChI=1S/C26H25N5O3S/c1-16-2-4-17(5-3-16)15-29-19-8-6-18-7-13-22-24(26(27)32)30-31(25(22)23(18)14-19)20-9-11-21(12-10-20)35(28,33)34/h2-6,8-12,14,29H,7,13,15H2,1H3,(H4-,27,28,32,33,34)/p+1. The molecule has 1 heterocycles. The number of aromatic nitrogens is 2. The van der Waals surface area contributed by atoms with Crippen LogP contribution in [0.1, 0.15) is 32.7 Å². The van der Waals surface area contributed by atoms with Crippen LogP contribution in [-0.2, 0) is 34.0 Å². The van der Waals surface area contributed by atoms with Gasteiger partial charge in [-0.05, 0) is 59.4 Å². The molecule has 0 saturated heterocycles. The number of nitrogens with one attached hydrogen (secondary N) is 1. The average molecular weight is 489 g/mol. The molecule has 6 N–H and O–H groups in total. The zero-order valence-corrected chi connectivity index (χ0v) is 20.0. The summed E-state index contributed by atoms with van der Waals surface area (Å²) in [6.45, 7) is 2.74. The molecule has 1 atom stereocenters. The topological polar surface area (TPSA) is 136 Å². The molecule has 5 rings (SSSR count). The molecule has 4 aromatic rings. The number of primary amides is 1. The Balaban J connectivity index is 1.56. The molecule has 178 valence electrons. The van der Waals surface area contributed by atoms with Crippen molar-refractivity contribution in [3.63, 3.8) is 0 Å². The largest absolute Gasteiger partial charge is 0.381 e. The van der Waals surface area contributed by atoms with Crippen molar-refractivity contribution in [1.29, 1.82) is 0 Å². The number of nitrogens with zero attached hydrogens (tertiary/aromatic N) is 2. The van der Waals surface area contributed by atoms with Crippen LogP contribution in [0, 0.1) is 6.92 Å². The summed E-state index contributed by atoms with van der Waals surface area (Å²) in [5.74, 6) is -0.589. The Morgan fingerprint density at radius 1 is 1.09 bits per heavy atom. The van der Waals surface area contributed by atoms with Crippen molar-refractivity contribution < 1.29 is 13.6 Å². The van der Waals surface area contributed by atoms with E-state index in [4.69, 9.17) is 10.9 Å². The molecule has 1 aliphatic carbocycles. The van der Waals surface area contributed by atoms with Gasteiger partial charge in [0, 0.05) is 35.5 Å². The van der Waals surface area contributed by atoms with Crippen molar-refractivity contribution in [2.75, 3.05) is 5.32 Å². The summed E-state index contributed by atoms with van der Waals surface area (Å²) in [7, 11) is -3.58. The number of carbonyl (C=O) groups is 1. The molecule has 1 aliphatic rings. The number of benzene rings is 3. The highest BCUT2D eigenvalue weighted by Gasteiger charge is 2.29. The van der Waals surface area contributed by atoms with Crippen LogP contribution in [0.4, 0.5) is 5.69 Å². The molecular weight excluding hydrogens is 462 g/mol. The second kappa shape index (κ2) is 8.77. The minimum absolute atomic E-state index is 0.111. The summed E-state index contributed by atoms with van der Waals surface area (Å²) in [6, 6.07) is 20.9. The normalized spacial score (nSPS) is 14.0. The zero-order chi connectivity index (χ0) is 24.7. The van der Waals surface area contributed by atoms with Gasteiger partial charge in [0.25, 0.3) is 5.91 Å². The maximum Gasteiger partial charge on any atom is 0.320 e. The predicted molar refractivity (Wildman–Crippen MR) is 137 cm³/mol. The van der Waals surface area contributed by atoms with Gasteiger partial charge in [0.15, 0.2) is 5.69 Å². The minimum atomic E-state index is -3.58. The van der Waals surface area contributed by atoms with E-state index in [9.17, 15) is 13.6 Å². The first kappa shape index (κ1) is 23.0. The van der Waals surface area contributed by atoms with Crippen LogP contribution in [0.2, 0.25) is 0 Å². The Hall–Kier alpha value is -3.79. The number of nitrogens with two attached hydrogens (primary N) is 2. The summed E-state index contributed by atoms with van der Waals surface area (Å²) >= 11 is 0. The molecule has 8 nitrogen and oxygen atoms in total. The van der Waals surface area contributed by atoms with Crippen LogP contribution in [0.5, 0.6) is 0 Å². The van der Waals surface area contributed by atoms with Crippen LogP contribution in [0.15, 0.2) is 71.6 Å². The molecule has 1 unspecified atom stereocenters. The van der Waals surface area contributed by atoms with E-state index >= 15 is 0 Å². The van der Waals surface area contributed by atoms with E-state index in [0.717, 1.165) is 34.5 Å². The van der Waals surface area contributed by atoms with Crippen molar-refractivity contribution >= 4 is 22.0 Å². The summed E-state index contributed by atoms with van der Waals surface area (Å²) in [4.78, 5) is 12.3. The van der Waals surface area contributed by atoms with Crippen LogP contribution >= 0.6 is 0 Å². The summed E-state index contributed by atoms with van der Waals surface area (Å²) in [6.07, 6.45) is 1.41. The van der Waals surface area contributed by atoms with E-state index in [2.05, 4.69) is 59.8 Å². The smallest absolute Gasteiger partial charge is 0.320 e. The van der Waals surface area contributed by atoms with Gasteiger partial charge >= 0.3 is 10.4 Å². The third-order valence-electron chi connectivity index (χ3n) is 6.26. The van der Waals surface area contributed by atoms with Gasteiger partial charge in [-0.15, -0.1) is 5.14 Å². The highest BCUT2D eigenvalue weighted by atomic mass is 32.3. The fraction of sp³-hybridized carbons (Fsp3) is 0.154. The first-order valence-corrected chi connectivity index (χ1v) is 12.8. The lowest BCUT2D eigenvalue weighted by Crippen LogP contribution is -2.20. The molecule has 35 heavy (non-hydrogen) atoms. The third kappa shape index (κ3) is 4.49. The molecule has 0 saturated carbocycles. The van der Waals surface area contributed by atoms with Crippen molar-refractivity contribution in [1.82, 2.24) is 9.78 Å². The van der Waals surface area contributed by atoms with Crippen molar-refractivity contribution in [2.45, 2.75) is 31.2 Å². The van der Waals surface area contributed by atoms with Crippen LogP contribution in [0.3, 0.4) is 0 Å². The van der Waals surface area contributed by atoms with Gasteiger partial charge in [-0.1, -0.05) is 35.9 Å². The molecule has 0 bridgehead atoms. The second-order valence-electron chi connectivity index (χ2n) is 8.73. The van der Waals surface area contributed by atoms with E-state index in [1.54, 1.807) is 16.8 Å². The van der Waals surface area contributed by atoms with Gasteiger partial charge in [0.2, 0.25) is 4.90 Å². The molecule has 1 aromatic heterocycles. The SMILES string of the molecule is Cc1ccc(CNc2ccc3c(c2)-c2c(c(C(N)=O)nn2-c2ccc([S+](N)(=O)O)cc2)CC3)cc1. The average Bonchev–Trinajstić information content (AvgIpc) is 3.24. The van der Waals surface area contributed by atoms with Crippen LogP contribution in [-0.4, -0.2) is 20.2 Å². The van der Waals surface area contributed by atoms with E-state index < -0.39 is 16.3 Å². The quantitative estimate of drug-likeness (QED) is 0.306. The first-order chi connectivity index (χ1) is 16.7. The number of anilines is 1. The highest BCUT2D eigenvalue weighted by Crippen LogP contribution is 2.38. The fourth-order valence-electron chi connectivity index (χ4n) is 4.43. The summed E-state index contributed by atoms with van der Waals surface area (Å²) in [5, 5.41) is 13.4. The lowest BCUT2D eigenvalue weighted by molar-refractivity contribution is 0.0994. The Kier molecular flexibility index (Phi) is 5.76. The summed E-state index contributed by atoms with van der Waals surface area (Å²) in [5.41, 5.74) is 13.6. The number of rotatable bonds is 6. The molecule has 9 heteroatoms. The monoisotopic (exact) mass is 488 g/mol. The Labute approximate surface area is 204 Å².